The molecule has 0 saturated carbocycles. The van der Waals surface area contributed by atoms with Crippen LogP contribution >= 0.6 is 0 Å². The SMILES string of the molecule is C=CC[N+]12CCCC1C(=C)CC2. The molecule has 2 unspecified atom stereocenters. The molecule has 0 aromatic rings. The Bertz CT molecular complexity index is 219. The standard InChI is InChI=1S/C11H18N/c1-3-7-12-8-4-5-11(12)10(2)6-9-12/h3,11H,1-2,4-9H2/q+1. The zero-order valence-electron chi connectivity index (χ0n) is 7.76. The van der Waals surface area contributed by atoms with Gasteiger partial charge in [0.2, 0.25) is 0 Å². The van der Waals surface area contributed by atoms with Gasteiger partial charge in [-0.15, -0.1) is 0 Å². The summed E-state index contributed by atoms with van der Waals surface area (Å²) in [6.07, 6.45) is 6.08. The second-order valence-electron chi connectivity index (χ2n) is 4.20. The summed E-state index contributed by atoms with van der Waals surface area (Å²) in [4.78, 5) is 0. The van der Waals surface area contributed by atoms with Gasteiger partial charge in [0.05, 0.1) is 19.6 Å². The predicted molar refractivity (Wildman–Crippen MR) is 51.8 cm³/mol. The Morgan fingerprint density at radius 2 is 2.33 bits per heavy atom. The minimum absolute atomic E-state index is 0.781. The van der Waals surface area contributed by atoms with Gasteiger partial charge in [-0.2, -0.15) is 0 Å². The Morgan fingerprint density at radius 1 is 1.50 bits per heavy atom. The molecule has 2 fully saturated rings. The Kier molecular flexibility index (Phi) is 1.84. The highest BCUT2D eigenvalue weighted by atomic mass is 15.4. The first-order chi connectivity index (χ1) is 5.78. The maximum Gasteiger partial charge on any atom is 0.111 e. The fraction of sp³-hybridized carbons (Fsp3) is 0.636. The lowest BCUT2D eigenvalue weighted by molar-refractivity contribution is -0.919. The minimum atomic E-state index is 0.781. The van der Waals surface area contributed by atoms with Crippen LogP contribution < -0.4 is 0 Å². The van der Waals surface area contributed by atoms with Crippen molar-refractivity contribution in [1.29, 1.82) is 0 Å². The second kappa shape index (κ2) is 2.74. The minimum Gasteiger partial charge on any atom is -0.314 e. The third-order valence-corrected chi connectivity index (χ3v) is 3.58. The van der Waals surface area contributed by atoms with Crippen LogP contribution in [0, 0.1) is 0 Å². The average molecular weight is 164 g/mol. The monoisotopic (exact) mass is 164 g/mol. The fourth-order valence-corrected chi connectivity index (χ4v) is 2.99. The molecule has 2 atom stereocenters. The van der Waals surface area contributed by atoms with Crippen molar-refractivity contribution in [2.45, 2.75) is 25.3 Å². The van der Waals surface area contributed by atoms with E-state index in [0.717, 1.165) is 12.6 Å². The predicted octanol–water partition coefficient (Wildman–Crippen LogP) is 2.11. The van der Waals surface area contributed by atoms with E-state index in [4.69, 9.17) is 0 Å². The number of nitrogens with zero attached hydrogens (tertiary/aromatic N) is 1. The molecule has 0 amide bonds. The van der Waals surface area contributed by atoms with Gasteiger partial charge in [0.15, 0.2) is 0 Å². The van der Waals surface area contributed by atoms with E-state index < -0.39 is 0 Å². The second-order valence-corrected chi connectivity index (χ2v) is 4.20. The fourth-order valence-electron chi connectivity index (χ4n) is 2.99. The van der Waals surface area contributed by atoms with Crippen molar-refractivity contribution in [2.24, 2.45) is 0 Å². The van der Waals surface area contributed by atoms with Gasteiger partial charge in [0.25, 0.3) is 0 Å². The quantitative estimate of drug-likeness (QED) is 0.433. The highest BCUT2D eigenvalue weighted by Gasteiger charge is 2.46. The molecule has 1 nitrogen and oxygen atoms in total. The van der Waals surface area contributed by atoms with Crippen molar-refractivity contribution in [3.8, 4) is 0 Å². The summed E-state index contributed by atoms with van der Waals surface area (Å²) < 4.78 is 1.28. The Labute approximate surface area is 75.0 Å². The molecule has 1 heteroatoms. The van der Waals surface area contributed by atoms with Crippen molar-refractivity contribution in [3.63, 3.8) is 0 Å². The number of fused-ring (bicyclic) bond motifs is 1. The highest BCUT2D eigenvalue weighted by Crippen LogP contribution is 2.38. The van der Waals surface area contributed by atoms with Gasteiger partial charge in [-0.1, -0.05) is 13.2 Å². The molecule has 2 aliphatic rings. The lowest BCUT2D eigenvalue weighted by atomic mass is 10.1. The lowest BCUT2D eigenvalue weighted by Crippen LogP contribution is -2.47. The molecule has 2 saturated heterocycles. The molecule has 0 aliphatic carbocycles. The highest BCUT2D eigenvalue weighted by molar-refractivity contribution is 5.09. The van der Waals surface area contributed by atoms with Crippen molar-refractivity contribution < 1.29 is 4.48 Å². The topological polar surface area (TPSA) is 0 Å². The van der Waals surface area contributed by atoms with Crippen LogP contribution in [0.2, 0.25) is 0 Å². The molecule has 2 heterocycles. The third kappa shape index (κ3) is 0.962. The maximum absolute atomic E-state index is 4.17. The first-order valence-electron chi connectivity index (χ1n) is 4.93. The summed E-state index contributed by atoms with van der Waals surface area (Å²) in [6, 6.07) is 0.781. The van der Waals surface area contributed by atoms with E-state index in [1.54, 1.807) is 0 Å². The number of quaternary nitrogens is 1. The van der Waals surface area contributed by atoms with E-state index in [1.165, 1.54) is 42.4 Å². The Morgan fingerprint density at radius 3 is 3.08 bits per heavy atom. The smallest absolute Gasteiger partial charge is 0.111 e. The summed E-state index contributed by atoms with van der Waals surface area (Å²) >= 11 is 0. The normalized spacial score (nSPS) is 40.0. The van der Waals surface area contributed by atoms with Crippen LogP contribution in [0.3, 0.4) is 0 Å². The summed E-state index contributed by atoms with van der Waals surface area (Å²) in [6.45, 7) is 11.9. The summed E-state index contributed by atoms with van der Waals surface area (Å²) in [7, 11) is 0. The average Bonchev–Trinajstić information content (AvgIpc) is 2.55. The Balaban J connectivity index is 2.22. The van der Waals surface area contributed by atoms with Crippen LogP contribution in [0.25, 0.3) is 0 Å². The van der Waals surface area contributed by atoms with Crippen molar-refractivity contribution >= 4 is 0 Å². The molecular formula is C11H18N+. The van der Waals surface area contributed by atoms with E-state index in [-0.39, 0.29) is 0 Å². The number of rotatable bonds is 2. The van der Waals surface area contributed by atoms with Gasteiger partial charge in [-0.05, 0) is 11.6 Å². The molecule has 0 radical (unpaired) electrons. The van der Waals surface area contributed by atoms with Crippen LogP contribution in [0.15, 0.2) is 24.8 Å². The van der Waals surface area contributed by atoms with Gasteiger partial charge in [-0.3, -0.25) is 0 Å². The molecule has 2 rings (SSSR count). The van der Waals surface area contributed by atoms with Crippen molar-refractivity contribution in [2.75, 3.05) is 19.6 Å². The van der Waals surface area contributed by atoms with Crippen LogP contribution in [0.1, 0.15) is 19.3 Å². The van der Waals surface area contributed by atoms with E-state index in [2.05, 4.69) is 19.2 Å². The summed E-state index contributed by atoms with van der Waals surface area (Å²) in [5, 5.41) is 0. The van der Waals surface area contributed by atoms with E-state index in [1.807, 2.05) is 0 Å². The lowest BCUT2D eigenvalue weighted by Gasteiger charge is -2.33. The molecular weight excluding hydrogens is 146 g/mol. The van der Waals surface area contributed by atoms with Crippen LogP contribution in [-0.2, 0) is 0 Å². The van der Waals surface area contributed by atoms with Gasteiger partial charge in [-0.25, -0.2) is 0 Å². The van der Waals surface area contributed by atoms with Gasteiger partial charge in [0.1, 0.15) is 6.04 Å². The number of hydrogen-bond acceptors (Lipinski definition) is 0. The number of hydrogen-bond donors (Lipinski definition) is 0. The van der Waals surface area contributed by atoms with Gasteiger partial charge in [0, 0.05) is 19.3 Å². The van der Waals surface area contributed by atoms with Crippen LogP contribution in [0.4, 0.5) is 0 Å². The first kappa shape index (κ1) is 8.06. The van der Waals surface area contributed by atoms with E-state index in [9.17, 15) is 0 Å². The molecule has 0 aromatic heterocycles. The van der Waals surface area contributed by atoms with Crippen molar-refractivity contribution in [1.82, 2.24) is 0 Å². The molecule has 0 bridgehead atoms. The summed E-state index contributed by atoms with van der Waals surface area (Å²) in [5.41, 5.74) is 1.49. The van der Waals surface area contributed by atoms with E-state index in [0.29, 0.717) is 0 Å². The first-order valence-corrected chi connectivity index (χ1v) is 4.93. The molecule has 66 valence electrons. The van der Waals surface area contributed by atoms with Crippen LogP contribution in [0.5, 0.6) is 0 Å². The molecule has 0 N–H and O–H groups in total. The van der Waals surface area contributed by atoms with Gasteiger partial charge >= 0.3 is 0 Å². The van der Waals surface area contributed by atoms with Crippen molar-refractivity contribution in [3.05, 3.63) is 24.8 Å². The molecule has 2 aliphatic heterocycles. The zero-order chi connectivity index (χ0) is 8.60. The van der Waals surface area contributed by atoms with E-state index >= 15 is 0 Å². The third-order valence-electron chi connectivity index (χ3n) is 3.58. The molecule has 12 heavy (non-hydrogen) atoms. The van der Waals surface area contributed by atoms with Crippen LogP contribution in [-0.4, -0.2) is 30.2 Å². The summed E-state index contributed by atoms with van der Waals surface area (Å²) in [5.74, 6) is 0. The Hall–Kier alpha value is -0.560. The molecule has 0 aromatic carbocycles. The molecule has 0 spiro atoms. The van der Waals surface area contributed by atoms with Gasteiger partial charge < -0.3 is 4.48 Å². The zero-order valence-corrected chi connectivity index (χ0v) is 7.76. The maximum atomic E-state index is 4.17. The largest absolute Gasteiger partial charge is 0.314 e.